The number of rotatable bonds is 6. The minimum absolute atomic E-state index is 0.0437. The summed E-state index contributed by atoms with van der Waals surface area (Å²) in [7, 11) is 0. The van der Waals surface area contributed by atoms with Crippen LogP contribution in [0.4, 0.5) is 0 Å². The molecule has 1 aliphatic rings. The predicted octanol–water partition coefficient (Wildman–Crippen LogP) is 3.00. The fourth-order valence-corrected chi connectivity index (χ4v) is 2.64. The van der Waals surface area contributed by atoms with Crippen LogP contribution >= 0.6 is 15.9 Å². The molecule has 2 N–H and O–H groups in total. The molecular weight excluding hydrogens is 318 g/mol. The van der Waals surface area contributed by atoms with Crippen LogP contribution in [0.15, 0.2) is 28.7 Å². The molecule has 0 radical (unpaired) electrons. The molecular formula is C16H22BrNO2. The normalized spacial score (nSPS) is 19.2. The van der Waals surface area contributed by atoms with Crippen molar-refractivity contribution in [1.29, 1.82) is 0 Å². The molecule has 1 amide bonds. The first-order valence-corrected chi connectivity index (χ1v) is 8.01. The summed E-state index contributed by atoms with van der Waals surface area (Å²) in [4.78, 5) is 12.4. The molecule has 0 heterocycles. The van der Waals surface area contributed by atoms with E-state index >= 15 is 0 Å². The van der Waals surface area contributed by atoms with Gasteiger partial charge in [-0.3, -0.25) is 4.79 Å². The zero-order valence-corrected chi connectivity index (χ0v) is 13.6. The van der Waals surface area contributed by atoms with Gasteiger partial charge in [0.25, 0.3) is 0 Å². The number of carbonyl (C=O) groups excluding carboxylic acids is 1. The maximum atomic E-state index is 12.4. The first-order chi connectivity index (χ1) is 9.49. The van der Waals surface area contributed by atoms with Gasteiger partial charge in [-0.2, -0.15) is 0 Å². The van der Waals surface area contributed by atoms with E-state index in [2.05, 4.69) is 21.2 Å². The molecule has 0 aromatic heterocycles. The first kappa shape index (κ1) is 15.5. The van der Waals surface area contributed by atoms with Crippen molar-refractivity contribution in [2.75, 3.05) is 6.54 Å². The average Bonchev–Trinajstić information content (AvgIpc) is 3.25. The van der Waals surface area contributed by atoms with Gasteiger partial charge in [-0.25, -0.2) is 0 Å². The van der Waals surface area contributed by atoms with Crippen LogP contribution in [0.3, 0.4) is 0 Å². The molecule has 0 aliphatic heterocycles. The van der Waals surface area contributed by atoms with Crippen molar-refractivity contribution < 1.29 is 9.90 Å². The number of aliphatic hydroxyl groups is 1. The number of benzene rings is 1. The van der Waals surface area contributed by atoms with Crippen LogP contribution in [0.1, 0.15) is 38.7 Å². The van der Waals surface area contributed by atoms with Gasteiger partial charge in [-0.1, -0.05) is 48.3 Å². The lowest BCUT2D eigenvalue weighted by atomic mass is 9.94. The minimum atomic E-state index is -0.468. The van der Waals surface area contributed by atoms with E-state index < -0.39 is 6.10 Å². The van der Waals surface area contributed by atoms with Gasteiger partial charge in [-0.05, 0) is 36.5 Å². The van der Waals surface area contributed by atoms with E-state index in [0.717, 1.165) is 29.3 Å². The van der Waals surface area contributed by atoms with Gasteiger partial charge in [0.1, 0.15) is 0 Å². The monoisotopic (exact) mass is 339 g/mol. The molecule has 4 heteroatoms. The highest BCUT2D eigenvalue weighted by Gasteiger charge is 2.51. The van der Waals surface area contributed by atoms with Gasteiger partial charge in [0.2, 0.25) is 5.91 Å². The van der Waals surface area contributed by atoms with Crippen LogP contribution in [0.2, 0.25) is 0 Å². The largest absolute Gasteiger partial charge is 0.391 e. The van der Waals surface area contributed by atoms with Gasteiger partial charge in [0.15, 0.2) is 0 Å². The van der Waals surface area contributed by atoms with Gasteiger partial charge in [-0.15, -0.1) is 0 Å². The summed E-state index contributed by atoms with van der Waals surface area (Å²) in [6, 6.07) is 7.94. The van der Waals surface area contributed by atoms with Gasteiger partial charge in [0, 0.05) is 11.0 Å². The molecule has 2 atom stereocenters. The van der Waals surface area contributed by atoms with Crippen LogP contribution in [0.25, 0.3) is 0 Å². The van der Waals surface area contributed by atoms with E-state index in [-0.39, 0.29) is 17.2 Å². The molecule has 3 nitrogen and oxygen atoms in total. The van der Waals surface area contributed by atoms with Crippen molar-refractivity contribution in [3.05, 3.63) is 34.3 Å². The second-order valence-electron chi connectivity index (χ2n) is 5.75. The summed E-state index contributed by atoms with van der Waals surface area (Å²) in [6.07, 6.45) is 2.22. The molecule has 1 aromatic carbocycles. The second-order valence-corrected chi connectivity index (χ2v) is 6.67. The highest BCUT2D eigenvalue weighted by molar-refractivity contribution is 9.10. The lowest BCUT2D eigenvalue weighted by Gasteiger charge is -2.20. The summed E-state index contributed by atoms with van der Waals surface area (Å²) in [5, 5.41) is 12.9. The third-order valence-electron chi connectivity index (χ3n) is 4.35. The quantitative estimate of drug-likeness (QED) is 0.836. The van der Waals surface area contributed by atoms with Crippen molar-refractivity contribution in [3.63, 3.8) is 0 Å². The molecule has 110 valence electrons. The number of carbonyl (C=O) groups is 1. The zero-order chi connectivity index (χ0) is 14.8. The Balaban J connectivity index is 1.97. The lowest BCUT2D eigenvalue weighted by Crippen LogP contribution is -2.40. The molecule has 0 bridgehead atoms. The maximum absolute atomic E-state index is 12.4. The Labute approximate surface area is 128 Å². The van der Waals surface area contributed by atoms with Crippen molar-refractivity contribution in [1.82, 2.24) is 5.32 Å². The van der Waals surface area contributed by atoms with Gasteiger partial charge >= 0.3 is 0 Å². The lowest BCUT2D eigenvalue weighted by molar-refractivity contribution is -0.124. The number of nitrogens with one attached hydrogen (secondary N) is 1. The summed E-state index contributed by atoms with van der Waals surface area (Å²) < 4.78 is 1.02. The molecule has 1 aromatic rings. The summed E-state index contributed by atoms with van der Waals surface area (Å²) in [5.41, 5.74) is 0.701. The smallest absolute Gasteiger partial charge is 0.230 e. The standard InChI is InChI=1S/C16H22BrNO2/c1-3-11(2)14(19)10-18-15(20)16(8-9-16)12-4-6-13(17)7-5-12/h4-7,11,14,19H,3,8-10H2,1-2H3,(H,18,20). The SMILES string of the molecule is CCC(C)C(O)CNC(=O)C1(c2ccc(Br)cc2)CC1. The number of amides is 1. The Morgan fingerprint density at radius 1 is 1.40 bits per heavy atom. The van der Waals surface area contributed by atoms with Crippen LogP contribution in [0, 0.1) is 5.92 Å². The average molecular weight is 340 g/mol. The van der Waals surface area contributed by atoms with Crippen LogP contribution in [-0.4, -0.2) is 23.7 Å². The van der Waals surface area contributed by atoms with Gasteiger partial charge in [0.05, 0.1) is 11.5 Å². The van der Waals surface area contributed by atoms with Crippen LogP contribution < -0.4 is 5.32 Å². The van der Waals surface area contributed by atoms with E-state index in [9.17, 15) is 9.90 Å². The number of halogens is 1. The van der Waals surface area contributed by atoms with Crippen molar-refractivity contribution in [2.45, 2.75) is 44.6 Å². The molecule has 1 aliphatic carbocycles. The van der Waals surface area contributed by atoms with Crippen molar-refractivity contribution >= 4 is 21.8 Å². The summed E-state index contributed by atoms with van der Waals surface area (Å²) in [5.74, 6) is 0.250. The third-order valence-corrected chi connectivity index (χ3v) is 4.88. The summed E-state index contributed by atoms with van der Waals surface area (Å²) >= 11 is 3.41. The second kappa shape index (κ2) is 6.27. The predicted molar refractivity (Wildman–Crippen MR) is 83.5 cm³/mol. The Hall–Kier alpha value is -0.870. The number of hydrogen-bond donors (Lipinski definition) is 2. The Morgan fingerprint density at radius 2 is 2.00 bits per heavy atom. The zero-order valence-electron chi connectivity index (χ0n) is 12.0. The van der Waals surface area contributed by atoms with Crippen LogP contribution in [0.5, 0.6) is 0 Å². The van der Waals surface area contributed by atoms with E-state index in [1.807, 2.05) is 38.1 Å². The van der Waals surface area contributed by atoms with E-state index in [0.29, 0.717) is 6.54 Å². The summed E-state index contributed by atoms with van der Waals surface area (Å²) in [6.45, 7) is 4.38. The van der Waals surface area contributed by atoms with E-state index in [1.165, 1.54) is 0 Å². The minimum Gasteiger partial charge on any atom is -0.391 e. The Kier molecular flexibility index (Phi) is 4.86. The van der Waals surface area contributed by atoms with E-state index in [1.54, 1.807) is 0 Å². The highest BCUT2D eigenvalue weighted by Crippen LogP contribution is 2.48. The van der Waals surface area contributed by atoms with Crippen molar-refractivity contribution in [3.8, 4) is 0 Å². The van der Waals surface area contributed by atoms with E-state index in [4.69, 9.17) is 0 Å². The van der Waals surface area contributed by atoms with Gasteiger partial charge < -0.3 is 10.4 Å². The molecule has 1 saturated carbocycles. The molecule has 2 unspecified atom stereocenters. The Bertz CT molecular complexity index is 468. The van der Waals surface area contributed by atoms with Crippen molar-refractivity contribution in [2.24, 2.45) is 5.92 Å². The highest BCUT2D eigenvalue weighted by atomic mass is 79.9. The molecule has 2 rings (SSSR count). The molecule has 0 saturated heterocycles. The van der Waals surface area contributed by atoms with Crippen LogP contribution in [-0.2, 0) is 10.2 Å². The number of aliphatic hydroxyl groups excluding tert-OH is 1. The third kappa shape index (κ3) is 3.23. The fourth-order valence-electron chi connectivity index (χ4n) is 2.38. The maximum Gasteiger partial charge on any atom is 0.230 e. The molecule has 20 heavy (non-hydrogen) atoms. The first-order valence-electron chi connectivity index (χ1n) is 7.22. The molecule has 0 spiro atoms. The molecule has 1 fully saturated rings. The Morgan fingerprint density at radius 3 is 2.50 bits per heavy atom. The topological polar surface area (TPSA) is 49.3 Å². The number of hydrogen-bond acceptors (Lipinski definition) is 2. The fraction of sp³-hybridized carbons (Fsp3) is 0.562.